The highest BCUT2D eigenvalue weighted by atomic mass is 19.1. The molecule has 2 aromatic rings. The van der Waals surface area contributed by atoms with Crippen molar-refractivity contribution in [1.82, 2.24) is 9.55 Å². The first kappa shape index (κ1) is 11.8. The second-order valence-electron chi connectivity index (χ2n) is 4.27. The summed E-state index contributed by atoms with van der Waals surface area (Å²) in [6, 6.07) is 4.89. The molecule has 17 heavy (non-hydrogen) atoms. The van der Waals surface area contributed by atoms with E-state index in [2.05, 4.69) is 4.98 Å². The van der Waals surface area contributed by atoms with E-state index in [-0.39, 0.29) is 11.9 Å². The number of rotatable bonds is 3. The quantitative estimate of drug-likeness (QED) is 0.882. The summed E-state index contributed by atoms with van der Waals surface area (Å²) in [5.74, 6) is 0.691. The number of nitrogens with zero attached hydrogens (tertiary/aromatic N) is 2. The van der Waals surface area contributed by atoms with Crippen LogP contribution >= 0.6 is 0 Å². The molecule has 0 aliphatic rings. The van der Waals surface area contributed by atoms with Crippen molar-refractivity contribution < 1.29 is 4.39 Å². The van der Waals surface area contributed by atoms with Crippen LogP contribution in [0.1, 0.15) is 23.0 Å². The standard InChI is InChI=1S/C13H16FN3/c1-9-3-4-10(7-11(9)14)12(15)8-13-16-5-6-17(13)2/h3-7,12H,8,15H2,1-2H3. The van der Waals surface area contributed by atoms with Gasteiger partial charge in [0.15, 0.2) is 0 Å². The molecule has 2 N–H and O–H groups in total. The number of nitrogens with two attached hydrogens (primary N) is 1. The molecule has 1 aromatic carbocycles. The second kappa shape index (κ2) is 4.67. The summed E-state index contributed by atoms with van der Waals surface area (Å²) in [5.41, 5.74) is 7.49. The van der Waals surface area contributed by atoms with Gasteiger partial charge in [0.2, 0.25) is 0 Å². The van der Waals surface area contributed by atoms with E-state index < -0.39 is 0 Å². The summed E-state index contributed by atoms with van der Waals surface area (Å²) in [4.78, 5) is 4.21. The maximum absolute atomic E-state index is 13.4. The van der Waals surface area contributed by atoms with Gasteiger partial charge in [0.25, 0.3) is 0 Å². The molecule has 1 atom stereocenters. The molecule has 3 nitrogen and oxygen atoms in total. The lowest BCUT2D eigenvalue weighted by Gasteiger charge is -2.12. The smallest absolute Gasteiger partial charge is 0.126 e. The van der Waals surface area contributed by atoms with E-state index in [0.717, 1.165) is 11.4 Å². The number of aryl methyl sites for hydroxylation is 2. The van der Waals surface area contributed by atoms with Gasteiger partial charge in [0.1, 0.15) is 11.6 Å². The van der Waals surface area contributed by atoms with Crippen molar-refractivity contribution in [2.45, 2.75) is 19.4 Å². The van der Waals surface area contributed by atoms with Gasteiger partial charge in [0.05, 0.1) is 0 Å². The van der Waals surface area contributed by atoms with Crippen LogP contribution in [0.15, 0.2) is 30.6 Å². The molecule has 1 unspecified atom stereocenters. The summed E-state index contributed by atoms with van der Waals surface area (Å²) >= 11 is 0. The van der Waals surface area contributed by atoms with Gasteiger partial charge in [-0.25, -0.2) is 9.37 Å². The molecule has 0 aliphatic heterocycles. The molecule has 2 rings (SSSR count). The van der Waals surface area contributed by atoms with E-state index >= 15 is 0 Å². The van der Waals surface area contributed by atoms with Crippen molar-refractivity contribution in [3.8, 4) is 0 Å². The van der Waals surface area contributed by atoms with Gasteiger partial charge in [0, 0.05) is 31.9 Å². The van der Waals surface area contributed by atoms with Crippen LogP contribution in [-0.2, 0) is 13.5 Å². The van der Waals surface area contributed by atoms with Gasteiger partial charge in [-0.15, -0.1) is 0 Å². The summed E-state index contributed by atoms with van der Waals surface area (Å²) < 4.78 is 15.3. The van der Waals surface area contributed by atoms with Crippen LogP contribution in [0.4, 0.5) is 4.39 Å². The highest BCUT2D eigenvalue weighted by molar-refractivity contribution is 5.26. The Hall–Kier alpha value is -1.68. The third-order valence-electron chi connectivity index (χ3n) is 2.95. The lowest BCUT2D eigenvalue weighted by atomic mass is 10.0. The minimum atomic E-state index is -0.230. The molecule has 1 aromatic heterocycles. The van der Waals surface area contributed by atoms with Crippen LogP contribution in [-0.4, -0.2) is 9.55 Å². The van der Waals surface area contributed by atoms with Crippen LogP contribution in [0.5, 0.6) is 0 Å². The SMILES string of the molecule is Cc1ccc(C(N)Cc2nccn2C)cc1F. The van der Waals surface area contributed by atoms with Gasteiger partial charge in [-0.3, -0.25) is 0 Å². The third-order valence-corrected chi connectivity index (χ3v) is 2.95. The highest BCUT2D eigenvalue weighted by Crippen LogP contribution is 2.17. The Balaban J connectivity index is 2.17. The lowest BCUT2D eigenvalue weighted by molar-refractivity contribution is 0.605. The Labute approximate surface area is 100 Å². The van der Waals surface area contributed by atoms with E-state index in [4.69, 9.17) is 5.73 Å². The van der Waals surface area contributed by atoms with Crippen LogP contribution in [0.25, 0.3) is 0 Å². The first-order chi connectivity index (χ1) is 8.08. The molecule has 0 saturated carbocycles. The molecule has 0 spiro atoms. The zero-order valence-corrected chi connectivity index (χ0v) is 10.0. The minimum absolute atomic E-state index is 0.210. The maximum Gasteiger partial charge on any atom is 0.126 e. The topological polar surface area (TPSA) is 43.8 Å². The number of hydrogen-bond donors (Lipinski definition) is 1. The Kier molecular flexibility index (Phi) is 3.24. The molecule has 0 saturated heterocycles. The van der Waals surface area contributed by atoms with Gasteiger partial charge in [-0.2, -0.15) is 0 Å². The number of imidazole rings is 1. The van der Waals surface area contributed by atoms with Crippen molar-refractivity contribution in [2.75, 3.05) is 0 Å². The molecule has 0 amide bonds. The first-order valence-corrected chi connectivity index (χ1v) is 5.55. The second-order valence-corrected chi connectivity index (χ2v) is 4.27. The van der Waals surface area contributed by atoms with Crippen molar-refractivity contribution in [3.63, 3.8) is 0 Å². The monoisotopic (exact) mass is 233 g/mol. The zero-order valence-electron chi connectivity index (χ0n) is 10.0. The van der Waals surface area contributed by atoms with Crippen LogP contribution in [0, 0.1) is 12.7 Å². The van der Waals surface area contributed by atoms with E-state index in [1.165, 1.54) is 6.07 Å². The van der Waals surface area contributed by atoms with Crippen LogP contribution < -0.4 is 5.73 Å². The fourth-order valence-electron chi connectivity index (χ4n) is 1.75. The molecule has 90 valence electrons. The maximum atomic E-state index is 13.4. The molecule has 0 bridgehead atoms. The van der Waals surface area contributed by atoms with Crippen molar-refractivity contribution in [2.24, 2.45) is 12.8 Å². The Morgan fingerprint density at radius 1 is 1.47 bits per heavy atom. The molecular weight excluding hydrogens is 217 g/mol. The third kappa shape index (κ3) is 2.53. The molecule has 0 fully saturated rings. The van der Waals surface area contributed by atoms with E-state index in [1.807, 2.05) is 23.9 Å². The average Bonchev–Trinajstić information content (AvgIpc) is 2.68. The van der Waals surface area contributed by atoms with Gasteiger partial charge in [-0.05, 0) is 24.1 Å². The van der Waals surface area contributed by atoms with Crippen LogP contribution in [0.2, 0.25) is 0 Å². The molecular formula is C13H16FN3. The molecule has 4 heteroatoms. The first-order valence-electron chi connectivity index (χ1n) is 5.55. The van der Waals surface area contributed by atoms with Crippen molar-refractivity contribution in [1.29, 1.82) is 0 Å². The average molecular weight is 233 g/mol. The van der Waals surface area contributed by atoms with E-state index in [1.54, 1.807) is 19.2 Å². The van der Waals surface area contributed by atoms with Gasteiger partial charge >= 0.3 is 0 Å². The van der Waals surface area contributed by atoms with Crippen molar-refractivity contribution in [3.05, 3.63) is 53.4 Å². The number of hydrogen-bond acceptors (Lipinski definition) is 2. The Bertz CT molecular complexity index is 519. The summed E-state index contributed by atoms with van der Waals surface area (Å²) in [6.45, 7) is 1.74. The predicted molar refractivity (Wildman–Crippen MR) is 65.0 cm³/mol. The fourth-order valence-corrected chi connectivity index (χ4v) is 1.75. The van der Waals surface area contributed by atoms with Gasteiger partial charge in [-0.1, -0.05) is 12.1 Å². The number of aromatic nitrogens is 2. The van der Waals surface area contributed by atoms with Gasteiger partial charge < -0.3 is 10.3 Å². The largest absolute Gasteiger partial charge is 0.338 e. The fraction of sp³-hybridized carbons (Fsp3) is 0.308. The minimum Gasteiger partial charge on any atom is -0.338 e. The summed E-state index contributed by atoms with van der Waals surface area (Å²) in [5, 5.41) is 0. The Morgan fingerprint density at radius 2 is 2.24 bits per heavy atom. The highest BCUT2D eigenvalue weighted by Gasteiger charge is 2.11. The van der Waals surface area contributed by atoms with Crippen molar-refractivity contribution >= 4 is 0 Å². The van der Waals surface area contributed by atoms with Crippen LogP contribution in [0.3, 0.4) is 0 Å². The molecule has 0 aliphatic carbocycles. The zero-order chi connectivity index (χ0) is 12.4. The summed E-state index contributed by atoms with van der Waals surface area (Å²) in [6.07, 6.45) is 4.21. The Morgan fingerprint density at radius 3 is 2.82 bits per heavy atom. The number of benzene rings is 1. The normalized spacial score (nSPS) is 12.7. The number of halogens is 1. The molecule has 1 heterocycles. The predicted octanol–water partition coefficient (Wildman–Crippen LogP) is 2.11. The molecule has 0 radical (unpaired) electrons. The lowest BCUT2D eigenvalue weighted by Crippen LogP contribution is -2.16. The van der Waals surface area contributed by atoms with E-state index in [9.17, 15) is 4.39 Å². The summed E-state index contributed by atoms with van der Waals surface area (Å²) in [7, 11) is 1.92. The van der Waals surface area contributed by atoms with E-state index in [0.29, 0.717) is 12.0 Å².